The van der Waals surface area contributed by atoms with Crippen LogP contribution in [0.4, 0.5) is 0 Å². The number of carbonyl (C=O) groups is 1. The average molecular weight is 201 g/mol. The zero-order valence-corrected chi connectivity index (χ0v) is 9.71. The number of likely N-dealkylation sites (N-methyl/N-ethyl adjacent to an activating group) is 1. The summed E-state index contributed by atoms with van der Waals surface area (Å²) < 4.78 is 0. The van der Waals surface area contributed by atoms with Crippen molar-refractivity contribution in [3.05, 3.63) is 0 Å². The van der Waals surface area contributed by atoms with Gasteiger partial charge in [0.2, 0.25) is 5.91 Å². The minimum absolute atomic E-state index is 0.185. The van der Waals surface area contributed by atoms with Crippen molar-refractivity contribution in [2.75, 3.05) is 27.2 Å². The van der Waals surface area contributed by atoms with Crippen molar-refractivity contribution in [2.24, 2.45) is 11.7 Å². The Morgan fingerprint density at radius 1 is 1.43 bits per heavy atom. The molecule has 0 fully saturated rings. The molecule has 14 heavy (non-hydrogen) atoms. The summed E-state index contributed by atoms with van der Waals surface area (Å²) in [6.45, 7) is 5.89. The van der Waals surface area contributed by atoms with Crippen molar-refractivity contribution in [3.63, 3.8) is 0 Å². The third-order valence-electron chi connectivity index (χ3n) is 2.00. The van der Waals surface area contributed by atoms with Crippen LogP contribution in [0.3, 0.4) is 0 Å². The fraction of sp³-hybridized carbons (Fsp3) is 0.900. The van der Waals surface area contributed by atoms with Gasteiger partial charge in [-0.2, -0.15) is 0 Å². The van der Waals surface area contributed by atoms with Gasteiger partial charge in [-0.1, -0.05) is 13.8 Å². The molecular formula is C10H23N3O. The van der Waals surface area contributed by atoms with Crippen LogP contribution in [0.25, 0.3) is 0 Å². The normalized spacial score (nSPS) is 13.6. The van der Waals surface area contributed by atoms with E-state index in [-0.39, 0.29) is 11.9 Å². The number of hydrogen-bond acceptors (Lipinski definition) is 3. The van der Waals surface area contributed by atoms with Crippen LogP contribution in [0.1, 0.15) is 20.3 Å². The molecule has 0 aliphatic rings. The predicted octanol–water partition coefficient (Wildman–Crippen LogP) is 0.0376. The van der Waals surface area contributed by atoms with Gasteiger partial charge in [-0.3, -0.25) is 4.79 Å². The zero-order chi connectivity index (χ0) is 11.1. The molecule has 0 rings (SSSR count). The van der Waals surface area contributed by atoms with Gasteiger partial charge in [0.05, 0.1) is 6.04 Å². The van der Waals surface area contributed by atoms with E-state index in [0.717, 1.165) is 19.5 Å². The van der Waals surface area contributed by atoms with Crippen LogP contribution in [0.5, 0.6) is 0 Å². The van der Waals surface area contributed by atoms with Gasteiger partial charge in [0.25, 0.3) is 0 Å². The number of carbonyl (C=O) groups excluding carboxylic acids is 1. The smallest absolute Gasteiger partial charge is 0.234 e. The Morgan fingerprint density at radius 3 is 2.36 bits per heavy atom. The highest BCUT2D eigenvalue weighted by Gasteiger charge is 2.15. The molecule has 4 heteroatoms. The molecule has 0 aromatic heterocycles. The highest BCUT2D eigenvalue weighted by molar-refractivity contribution is 5.79. The lowest BCUT2D eigenvalue weighted by molar-refractivity contribution is -0.120. The molecule has 1 unspecified atom stereocenters. The Balaban J connectivity index is 3.80. The molecule has 0 saturated carbocycles. The summed E-state index contributed by atoms with van der Waals surface area (Å²) in [4.78, 5) is 13.1. The molecule has 1 amide bonds. The lowest BCUT2D eigenvalue weighted by Gasteiger charge is -2.18. The van der Waals surface area contributed by atoms with E-state index < -0.39 is 0 Å². The summed E-state index contributed by atoms with van der Waals surface area (Å²) in [6, 6.07) is -0.185. The largest absolute Gasteiger partial charge is 0.368 e. The third kappa shape index (κ3) is 6.86. The minimum atomic E-state index is -0.252. The first-order valence-corrected chi connectivity index (χ1v) is 5.11. The van der Waals surface area contributed by atoms with E-state index in [1.54, 1.807) is 0 Å². The highest BCUT2D eigenvalue weighted by Crippen LogP contribution is 2.03. The van der Waals surface area contributed by atoms with Gasteiger partial charge in [-0.25, -0.2) is 0 Å². The van der Waals surface area contributed by atoms with Crippen molar-refractivity contribution < 1.29 is 4.79 Å². The first kappa shape index (κ1) is 13.4. The van der Waals surface area contributed by atoms with Crippen LogP contribution in [-0.2, 0) is 4.79 Å². The second-order valence-corrected chi connectivity index (χ2v) is 4.34. The Hall–Kier alpha value is -0.610. The van der Waals surface area contributed by atoms with Crippen LogP contribution in [-0.4, -0.2) is 44.0 Å². The topological polar surface area (TPSA) is 58.4 Å². The molecule has 0 radical (unpaired) electrons. The van der Waals surface area contributed by atoms with E-state index in [2.05, 4.69) is 24.1 Å². The monoisotopic (exact) mass is 201 g/mol. The molecule has 4 nitrogen and oxygen atoms in total. The van der Waals surface area contributed by atoms with E-state index >= 15 is 0 Å². The molecule has 1 atom stereocenters. The lowest BCUT2D eigenvalue weighted by Crippen LogP contribution is -2.44. The van der Waals surface area contributed by atoms with Crippen LogP contribution in [0.2, 0.25) is 0 Å². The van der Waals surface area contributed by atoms with Crippen LogP contribution in [0.15, 0.2) is 0 Å². The molecule has 0 aliphatic heterocycles. The number of nitrogens with one attached hydrogen (secondary N) is 1. The number of primary amides is 1. The lowest BCUT2D eigenvalue weighted by atomic mass is 10.0. The van der Waals surface area contributed by atoms with Crippen molar-refractivity contribution in [2.45, 2.75) is 26.3 Å². The Morgan fingerprint density at radius 2 is 2.00 bits per heavy atom. The summed E-state index contributed by atoms with van der Waals surface area (Å²) in [5, 5.41) is 3.17. The molecular weight excluding hydrogens is 178 g/mol. The summed E-state index contributed by atoms with van der Waals surface area (Å²) >= 11 is 0. The SMILES string of the molecule is CC(C)CC(NCCN(C)C)C(N)=O. The summed E-state index contributed by atoms with van der Waals surface area (Å²) in [5.74, 6) is 0.233. The number of rotatable bonds is 7. The molecule has 0 heterocycles. The van der Waals surface area contributed by atoms with Gasteiger partial charge >= 0.3 is 0 Å². The van der Waals surface area contributed by atoms with Crippen molar-refractivity contribution in [1.29, 1.82) is 0 Å². The molecule has 0 aromatic rings. The van der Waals surface area contributed by atoms with E-state index in [0.29, 0.717) is 5.92 Å². The standard InChI is InChI=1S/C10H23N3O/c1-8(2)7-9(10(11)14)12-5-6-13(3)4/h8-9,12H,5-7H2,1-4H3,(H2,11,14). The third-order valence-corrected chi connectivity index (χ3v) is 2.00. The molecule has 0 saturated heterocycles. The van der Waals surface area contributed by atoms with Gasteiger partial charge in [0, 0.05) is 13.1 Å². The van der Waals surface area contributed by atoms with E-state index in [1.165, 1.54) is 0 Å². The molecule has 3 N–H and O–H groups in total. The first-order valence-electron chi connectivity index (χ1n) is 5.11. The Kier molecular flexibility index (Phi) is 6.49. The fourth-order valence-electron chi connectivity index (χ4n) is 1.23. The predicted molar refractivity (Wildman–Crippen MR) is 59.0 cm³/mol. The summed E-state index contributed by atoms with van der Waals surface area (Å²) in [5.41, 5.74) is 5.29. The van der Waals surface area contributed by atoms with Crippen LogP contribution < -0.4 is 11.1 Å². The van der Waals surface area contributed by atoms with Crippen LogP contribution >= 0.6 is 0 Å². The van der Waals surface area contributed by atoms with E-state index in [9.17, 15) is 4.79 Å². The highest BCUT2D eigenvalue weighted by atomic mass is 16.1. The van der Waals surface area contributed by atoms with Gasteiger partial charge in [0.15, 0.2) is 0 Å². The van der Waals surface area contributed by atoms with E-state index in [4.69, 9.17) is 5.73 Å². The van der Waals surface area contributed by atoms with Crippen LogP contribution in [0, 0.1) is 5.92 Å². The minimum Gasteiger partial charge on any atom is -0.368 e. The number of amides is 1. The van der Waals surface area contributed by atoms with Gasteiger partial charge < -0.3 is 16.0 Å². The zero-order valence-electron chi connectivity index (χ0n) is 9.71. The van der Waals surface area contributed by atoms with Gasteiger partial charge in [-0.15, -0.1) is 0 Å². The second kappa shape index (κ2) is 6.79. The fourth-order valence-corrected chi connectivity index (χ4v) is 1.23. The number of nitrogens with zero attached hydrogens (tertiary/aromatic N) is 1. The maximum atomic E-state index is 11.1. The van der Waals surface area contributed by atoms with Crippen molar-refractivity contribution in [3.8, 4) is 0 Å². The quantitative estimate of drug-likeness (QED) is 0.611. The second-order valence-electron chi connectivity index (χ2n) is 4.34. The molecule has 0 spiro atoms. The number of hydrogen-bond donors (Lipinski definition) is 2. The molecule has 0 bridgehead atoms. The average Bonchev–Trinajstić information content (AvgIpc) is 2.00. The Labute approximate surface area is 86.8 Å². The maximum Gasteiger partial charge on any atom is 0.234 e. The van der Waals surface area contributed by atoms with Crippen molar-refractivity contribution >= 4 is 5.91 Å². The Bertz CT molecular complexity index is 169. The first-order chi connectivity index (χ1) is 6.43. The molecule has 0 aliphatic carbocycles. The summed E-state index contributed by atoms with van der Waals surface area (Å²) in [7, 11) is 4.01. The van der Waals surface area contributed by atoms with Gasteiger partial charge in [0.1, 0.15) is 0 Å². The van der Waals surface area contributed by atoms with Gasteiger partial charge in [-0.05, 0) is 26.4 Å². The van der Waals surface area contributed by atoms with E-state index in [1.807, 2.05) is 14.1 Å². The molecule has 0 aromatic carbocycles. The summed E-state index contributed by atoms with van der Waals surface area (Å²) in [6.07, 6.45) is 0.808. The van der Waals surface area contributed by atoms with Crippen molar-refractivity contribution in [1.82, 2.24) is 10.2 Å². The number of nitrogens with two attached hydrogens (primary N) is 1. The maximum absolute atomic E-state index is 11.1. The molecule has 84 valence electrons.